The molecule has 0 radical (unpaired) electrons. The maximum Gasteiger partial charge on any atom is 0.271 e. The molecule has 2 aromatic carbocycles. The number of amides is 1. The van der Waals surface area contributed by atoms with Gasteiger partial charge in [-0.15, -0.1) is 10.2 Å². The Labute approximate surface area is 169 Å². The Morgan fingerprint density at radius 3 is 2.76 bits per heavy atom. The molecule has 6 heteroatoms. The number of carbonyl (C=O) groups is 1. The van der Waals surface area contributed by atoms with E-state index >= 15 is 0 Å². The predicted molar refractivity (Wildman–Crippen MR) is 115 cm³/mol. The van der Waals surface area contributed by atoms with Gasteiger partial charge in [0.1, 0.15) is 5.82 Å². The lowest BCUT2D eigenvalue weighted by molar-refractivity contribution is 0.0948. The summed E-state index contributed by atoms with van der Waals surface area (Å²) < 4.78 is 0. The lowest BCUT2D eigenvalue weighted by atomic mass is 10.1. The Morgan fingerprint density at radius 2 is 1.93 bits per heavy atom. The summed E-state index contributed by atoms with van der Waals surface area (Å²) in [5.41, 5.74) is 4.99. The normalized spacial score (nSPS) is 10.8. The van der Waals surface area contributed by atoms with E-state index in [2.05, 4.69) is 57.0 Å². The zero-order valence-corrected chi connectivity index (χ0v) is 16.3. The first-order valence-corrected chi connectivity index (χ1v) is 9.65. The summed E-state index contributed by atoms with van der Waals surface area (Å²) in [5.74, 6) is 0.421. The van der Waals surface area contributed by atoms with Crippen molar-refractivity contribution in [2.75, 3.05) is 11.9 Å². The highest BCUT2D eigenvalue weighted by Crippen LogP contribution is 2.17. The number of carbonyl (C=O) groups excluding carboxylic acids is 1. The van der Waals surface area contributed by atoms with Crippen LogP contribution in [-0.2, 0) is 13.0 Å². The molecule has 0 fully saturated rings. The molecule has 0 saturated heterocycles. The Balaban J connectivity index is 1.28. The second-order valence-electron chi connectivity index (χ2n) is 7.01. The molecule has 0 unspecified atom stereocenters. The summed E-state index contributed by atoms with van der Waals surface area (Å²) in [6, 6.07) is 19.9. The third-order valence-corrected chi connectivity index (χ3v) is 4.81. The number of hydrogen-bond donors (Lipinski definition) is 3. The minimum atomic E-state index is -0.220. The fourth-order valence-corrected chi connectivity index (χ4v) is 3.30. The Hall–Kier alpha value is -3.67. The van der Waals surface area contributed by atoms with Crippen molar-refractivity contribution >= 4 is 22.6 Å². The van der Waals surface area contributed by atoms with Crippen LogP contribution >= 0.6 is 0 Å². The monoisotopic (exact) mass is 385 g/mol. The lowest BCUT2D eigenvalue weighted by Gasteiger charge is -2.07. The molecular formula is C23H23N5O. The summed E-state index contributed by atoms with van der Waals surface area (Å²) in [4.78, 5) is 15.6. The number of nitrogens with zero attached hydrogens (tertiary/aromatic N) is 2. The van der Waals surface area contributed by atoms with Crippen molar-refractivity contribution in [3.63, 3.8) is 0 Å². The molecule has 2 heterocycles. The number of aryl methyl sites for hydroxylation is 1. The van der Waals surface area contributed by atoms with E-state index in [1.54, 1.807) is 12.1 Å². The molecule has 6 nitrogen and oxygen atoms in total. The van der Waals surface area contributed by atoms with E-state index in [9.17, 15) is 4.79 Å². The molecule has 0 saturated carbocycles. The van der Waals surface area contributed by atoms with E-state index in [4.69, 9.17) is 0 Å². The van der Waals surface area contributed by atoms with Gasteiger partial charge in [0, 0.05) is 30.2 Å². The van der Waals surface area contributed by atoms with Crippen LogP contribution in [0.5, 0.6) is 0 Å². The molecule has 0 aliphatic carbocycles. The van der Waals surface area contributed by atoms with Crippen LogP contribution < -0.4 is 10.6 Å². The minimum absolute atomic E-state index is 0.220. The van der Waals surface area contributed by atoms with Crippen LogP contribution in [0.2, 0.25) is 0 Å². The SMILES string of the molecule is Cc1cccc(CNc2ccc(C(=O)NCCc3c[nH]c4ccccc34)nn2)c1. The maximum atomic E-state index is 12.3. The fraction of sp³-hybridized carbons (Fsp3) is 0.174. The number of fused-ring (bicyclic) bond motifs is 1. The van der Waals surface area contributed by atoms with E-state index in [-0.39, 0.29) is 5.91 Å². The molecule has 0 atom stereocenters. The first-order valence-electron chi connectivity index (χ1n) is 9.65. The molecule has 4 aromatic rings. The van der Waals surface area contributed by atoms with Crippen LogP contribution in [0.1, 0.15) is 27.2 Å². The summed E-state index contributed by atoms with van der Waals surface area (Å²) in [5, 5.41) is 15.5. The van der Waals surface area contributed by atoms with Gasteiger partial charge < -0.3 is 15.6 Å². The predicted octanol–water partition coefficient (Wildman–Crippen LogP) is 3.85. The molecule has 0 aliphatic heterocycles. The van der Waals surface area contributed by atoms with Crippen LogP contribution in [0.15, 0.2) is 66.9 Å². The number of para-hydroxylation sites is 1. The topological polar surface area (TPSA) is 82.7 Å². The van der Waals surface area contributed by atoms with Gasteiger partial charge in [-0.3, -0.25) is 4.79 Å². The number of aromatic nitrogens is 3. The van der Waals surface area contributed by atoms with Crippen molar-refractivity contribution < 1.29 is 4.79 Å². The molecule has 1 amide bonds. The Morgan fingerprint density at radius 1 is 1.03 bits per heavy atom. The summed E-state index contributed by atoms with van der Waals surface area (Å²) in [7, 11) is 0. The van der Waals surface area contributed by atoms with Gasteiger partial charge in [-0.05, 0) is 42.7 Å². The maximum absolute atomic E-state index is 12.3. The standard InChI is InChI=1S/C23H23N5O/c1-16-5-4-6-17(13-16)14-26-22-10-9-21(27-28-22)23(29)24-12-11-18-15-25-20-8-3-2-7-19(18)20/h2-10,13,15,25H,11-12,14H2,1H3,(H,24,29)(H,26,28). The Bertz CT molecular complexity index is 1120. The Kier molecular flexibility index (Phi) is 5.52. The highest BCUT2D eigenvalue weighted by molar-refractivity contribution is 5.92. The second-order valence-corrected chi connectivity index (χ2v) is 7.01. The summed E-state index contributed by atoms with van der Waals surface area (Å²) >= 11 is 0. The number of benzene rings is 2. The summed E-state index contributed by atoms with van der Waals surface area (Å²) in [6.45, 7) is 3.26. The van der Waals surface area contributed by atoms with Crippen LogP contribution in [-0.4, -0.2) is 27.6 Å². The third kappa shape index (κ3) is 4.60. The first-order chi connectivity index (χ1) is 14.2. The highest BCUT2D eigenvalue weighted by Gasteiger charge is 2.09. The molecule has 3 N–H and O–H groups in total. The van der Waals surface area contributed by atoms with Gasteiger partial charge in [-0.25, -0.2) is 0 Å². The number of hydrogen-bond acceptors (Lipinski definition) is 4. The number of rotatable bonds is 7. The van der Waals surface area contributed by atoms with Crippen molar-refractivity contribution in [2.24, 2.45) is 0 Å². The zero-order chi connectivity index (χ0) is 20.1. The number of anilines is 1. The average Bonchev–Trinajstić information content (AvgIpc) is 3.16. The highest BCUT2D eigenvalue weighted by atomic mass is 16.1. The average molecular weight is 385 g/mol. The summed E-state index contributed by atoms with van der Waals surface area (Å²) in [6.07, 6.45) is 2.74. The van der Waals surface area contributed by atoms with Crippen LogP contribution in [0.3, 0.4) is 0 Å². The quantitative estimate of drug-likeness (QED) is 0.451. The molecule has 0 bridgehead atoms. The second kappa shape index (κ2) is 8.56. The third-order valence-electron chi connectivity index (χ3n) is 4.81. The van der Waals surface area contributed by atoms with Gasteiger partial charge >= 0.3 is 0 Å². The molecule has 0 aliphatic rings. The smallest absolute Gasteiger partial charge is 0.271 e. The molecule has 146 valence electrons. The number of aromatic amines is 1. The van der Waals surface area contributed by atoms with Gasteiger partial charge in [-0.2, -0.15) is 0 Å². The largest absolute Gasteiger partial charge is 0.365 e. The first kappa shape index (κ1) is 18.7. The van der Waals surface area contributed by atoms with Gasteiger partial charge in [0.05, 0.1) is 0 Å². The van der Waals surface area contributed by atoms with Crippen LogP contribution in [0.4, 0.5) is 5.82 Å². The van der Waals surface area contributed by atoms with E-state index < -0.39 is 0 Å². The number of nitrogens with one attached hydrogen (secondary N) is 3. The van der Waals surface area contributed by atoms with Gasteiger partial charge in [0.2, 0.25) is 0 Å². The van der Waals surface area contributed by atoms with Crippen molar-refractivity contribution in [3.8, 4) is 0 Å². The van der Waals surface area contributed by atoms with Crippen molar-refractivity contribution in [3.05, 3.63) is 89.2 Å². The molecular weight excluding hydrogens is 362 g/mol. The molecule has 4 rings (SSSR count). The van der Waals surface area contributed by atoms with E-state index in [0.29, 0.717) is 24.6 Å². The minimum Gasteiger partial charge on any atom is -0.365 e. The number of H-pyrrole nitrogens is 1. The van der Waals surface area contributed by atoms with Crippen molar-refractivity contribution in [1.29, 1.82) is 0 Å². The van der Waals surface area contributed by atoms with Gasteiger partial charge in [-0.1, -0.05) is 48.0 Å². The van der Waals surface area contributed by atoms with Crippen molar-refractivity contribution in [2.45, 2.75) is 19.9 Å². The van der Waals surface area contributed by atoms with Gasteiger partial charge in [0.25, 0.3) is 5.91 Å². The molecule has 29 heavy (non-hydrogen) atoms. The van der Waals surface area contributed by atoms with E-state index in [0.717, 1.165) is 11.9 Å². The van der Waals surface area contributed by atoms with E-state index in [1.807, 2.05) is 30.5 Å². The van der Waals surface area contributed by atoms with Crippen molar-refractivity contribution in [1.82, 2.24) is 20.5 Å². The van der Waals surface area contributed by atoms with Crippen LogP contribution in [0.25, 0.3) is 10.9 Å². The van der Waals surface area contributed by atoms with E-state index in [1.165, 1.54) is 22.1 Å². The zero-order valence-electron chi connectivity index (χ0n) is 16.3. The molecule has 2 aromatic heterocycles. The lowest BCUT2D eigenvalue weighted by Crippen LogP contribution is -2.26. The van der Waals surface area contributed by atoms with Crippen LogP contribution in [0, 0.1) is 6.92 Å². The van der Waals surface area contributed by atoms with Gasteiger partial charge in [0.15, 0.2) is 5.69 Å². The fourth-order valence-electron chi connectivity index (χ4n) is 3.30. The molecule has 0 spiro atoms.